The number of amides is 1. The predicted octanol–water partition coefficient (Wildman–Crippen LogP) is 3.87. The second-order valence-corrected chi connectivity index (χ2v) is 5.30. The lowest BCUT2D eigenvalue weighted by Gasteiger charge is -2.23. The number of rotatable bonds is 5. The van der Waals surface area contributed by atoms with Crippen molar-refractivity contribution >= 4 is 17.7 Å². The lowest BCUT2D eigenvalue weighted by atomic mass is 10.1. The van der Waals surface area contributed by atoms with Gasteiger partial charge in [0.1, 0.15) is 0 Å². The smallest absolute Gasteiger partial charge is 0.262 e. The molecule has 0 saturated carbocycles. The van der Waals surface area contributed by atoms with Crippen molar-refractivity contribution < 1.29 is 4.79 Å². The van der Waals surface area contributed by atoms with Crippen molar-refractivity contribution in [1.29, 1.82) is 0 Å². The summed E-state index contributed by atoms with van der Waals surface area (Å²) in [7, 11) is 0. The number of hydrogen-bond acceptors (Lipinski definition) is 2. The van der Waals surface area contributed by atoms with Crippen molar-refractivity contribution in [3.8, 4) is 0 Å². The second kappa shape index (κ2) is 7.46. The normalized spacial score (nSPS) is 10.7. The van der Waals surface area contributed by atoms with E-state index in [9.17, 15) is 4.79 Å². The van der Waals surface area contributed by atoms with Crippen LogP contribution < -0.4 is 10.4 Å². The molecular formula is C19H22N2O. The summed E-state index contributed by atoms with van der Waals surface area (Å²) < 4.78 is 0. The van der Waals surface area contributed by atoms with Gasteiger partial charge in [-0.25, -0.2) is 0 Å². The highest BCUT2D eigenvalue weighted by Crippen LogP contribution is 2.13. The van der Waals surface area contributed by atoms with E-state index in [1.807, 2.05) is 80.4 Å². The van der Waals surface area contributed by atoms with Crippen LogP contribution in [0.5, 0.6) is 0 Å². The van der Waals surface area contributed by atoms with Gasteiger partial charge in [-0.1, -0.05) is 47.5 Å². The van der Waals surface area contributed by atoms with Crippen LogP contribution in [-0.2, 0) is 4.79 Å². The van der Waals surface area contributed by atoms with Gasteiger partial charge in [0.25, 0.3) is 5.91 Å². The van der Waals surface area contributed by atoms with Gasteiger partial charge >= 0.3 is 0 Å². The molecule has 0 aliphatic heterocycles. The maximum absolute atomic E-state index is 12.1. The van der Waals surface area contributed by atoms with Gasteiger partial charge in [-0.05, 0) is 44.5 Å². The highest BCUT2D eigenvalue weighted by Gasteiger charge is 2.06. The maximum Gasteiger partial charge on any atom is 0.262 e. The zero-order chi connectivity index (χ0) is 15.9. The first-order valence-electron chi connectivity index (χ1n) is 7.48. The van der Waals surface area contributed by atoms with Crippen LogP contribution in [0.1, 0.15) is 23.6 Å². The quantitative estimate of drug-likeness (QED) is 0.670. The fourth-order valence-corrected chi connectivity index (χ4v) is 2.17. The summed E-state index contributed by atoms with van der Waals surface area (Å²) in [5.41, 5.74) is 7.27. The van der Waals surface area contributed by atoms with Crippen LogP contribution in [0.25, 0.3) is 6.08 Å². The minimum Gasteiger partial charge on any atom is -0.286 e. The molecule has 2 aromatic rings. The van der Waals surface area contributed by atoms with E-state index in [0.29, 0.717) is 6.54 Å². The monoisotopic (exact) mass is 294 g/mol. The van der Waals surface area contributed by atoms with Crippen LogP contribution in [-0.4, -0.2) is 12.5 Å². The third-order valence-corrected chi connectivity index (χ3v) is 3.38. The molecule has 0 bridgehead atoms. The molecule has 2 rings (SSSR count). The highest BCUT2D eigenvalue weighted by molar-refractivity contribution is 5.92. The molecule has 114 valence electrons. The number of benzene rings is 2. The SMILES string of the molecule is CCN(NC(=O)/C=C/c1cccc(C)c1)c1ccc(C)cc1. The lowest BCUT2D eigenvalue weighted by Crippen LogP contribution is -2.41. The molecule has 1 amide bonds. The van der Waals surface area contributed by atoms with Crippen molar-refractivity contribution in [1.82, 2.24) is 5.43 Å². The first kappa shape index (κ1) is 15.8. The molecule has 0 aromatic heterocycles. The Morgan fingerprint density at radius 3 is 2.45 bits per heavy atom. The van der Waals surface area contributed by atoms with E-state index in [4.69, 9.17) is 0 Å². The summed E-state index contributed by atoms with van der Waals surface area (Å²) in [6.07, 6.45) is 3.39. The molecule has 22 heavy (non-hydrogen) atoms. The second-order valence-electron chi connectivity index (χ2n) is 5.30. The number of carbonyl (C=O) groups is 1. The molecule has 0 aliphatic carbocycles. The van der Waals surface area contributed by atoms with E-state index in [-0.39, 0.29) is 5.91 Å². The number of nitrogens with zero attached hydrogens (tertiary/aromatic N) is 1. The van der Waals surface area contributed by atoms with Gasteiger partial charge in [0.15, 0.2) is 0 Å². The van der Waals surface area contributed by atoms with E-state index < -0.39 is 0 Å². The minimum atomic E-state index is -0.135. The average molecular weight is 294 g/mol. The summed E-state index contributed by atoms with van der Waals surface area (Å²) in [5.74, 6) is -0.135. The Hall–Kier alpha value is -2.55. The molecule has 0 spiro atoms. The van der Waals surface area contributed by atoms with Gasteiger partial charge in [-0.15, -0.1) is 0 Å². The molecular weight excluding hydrogens is 272 g/mol. The Morgan fingerprint density at radius 1 is 1.09 bits per heavy atom. The number of hydrogen-bond donors (Lipinski definition) is 1. The third kappa shape index (κ3) is 4.48. The Labute approximate surface area is 132 Å². The molecule has 0 aliphatic rings. The van der Waals surface area contributed by atoms with Crippen LogP contribution in [0.4, 0.5) is 5.69 Å². The molecule has 3 nitrogen and oxygen atoms in total. The number of nitrogens with one attached hydrogen (secondary N) is 1. The van der Waals surface area contributed by atoms with Crippen LogP contribution >= 0.6 is 0 Å². The first-order chi connectivity index (χ1) is 10.6. The zero-order valence-corrected chi connectivity index (χ0v) is 13.3. The number of hydrazine groups is 1. The number of aryl methyl sites for hydroxylation is 2. The van der Waals surface area contributed by atoms with Gasteiger partial charge in [-0.2, -0.15) is 0 Å². The van der Waals surface area contributed by atoms with Gasteiger partial charge in [0, 0.05) is 12.6 Å². The Bertz CT molecular complexity index is 659. The zero-order valence-electron chi connectivity index (χ0n) is 13.3. The van der Waals surface area contributed by atoms with Gasteiger partial charge in [0.05, 0.1) is 5.69 Å². The maximum atomic E-state index is 12.1. The molecule has 0 fully saturated rings. The molecule has 0 radical (unpaired) electrons. The van der Waals surface area contributed by atoms with Crippen molar-refractivity contribution in [3.63, 3.8) is 0 Å². The summed E-state index contributed by atoms with van der Waals surface area (Å²) >= 11 is 0. The van der Waals surface area contributed by atoms with E-state index in [1.165, 1.54) is 11.1 Å². The summed E-state index contributed by atoms with van der Waals surface area (Å²) in [6, 6.07) is 16.1. The molecule has 0 atom stereocenters. The van der Waals surface area contributed by atoms with E-state index in [0.717, 1.165) is 11.3 Å². The van der Waals surface area contributed by atoms with Crippen molar-refractivity contribution in [2.45, 2.75) is 20.8 Å². The van der Waals surface area contributed by atoms with E-state index in [2.05, 4.69) is 5.43 Å². The van der Waals surface area contributed by atoms with Crippen LogP contribution in [0.2, 0.25) is 0 Å². The predicted molar refractivity (Wildman–Crippen MR) is 92.6 cm³/mol. The molecule has 0 heterocycles. The largest absolute Gasteiger partial charge is 0.286 e. The minimum absolute atomic E-state index is 0.135. The average Bonchev–Trinajstić information content (AvgIpc) is 2.52. The summed E-state index contributed by atoms with van der Waals surface area (Å²) in [4.78, 5) is 12.1. The Balaban J connectivity index is 2.01. The molecule has 0 unspecified atom stereocenters. The fraction of sp³-hybridized carbons (Fsp3) is 0.211. The van der Waals surface area contributed by atoms with Crippen LogP contribution in [0.3, 0.4) is 0 Å². The van der Waals surface area contributed by atoms with Crippen LogP contribution in [0.15, 0.2) is 54.6 Å². The van der Waals surface area contributed by atoms with E-state index >= 15 is 0 Å². The van der Waals surface area contributed by atoms with Gasteiger partial charge < -0.3 is 0 Å². The van der Waals surface area contributed by atoms with E-state index in [1.54, 1.807) is 6.08 Å². The number of carbonyl (C=O) groups excluding carboxylic acids is 1. The Morgan fingerprint density at radius 2 is 1.82 bits per heavy atom. The van der Waals surface area contributed by atoms with Crippen molar-refractivity contribution in [3.05, 3.63) is 71.3 Å². The molecule has 1 N–H and O–H groups in total. The topological polar surface area (TPSA) is 32.3 Å². The molecule has 2 aromatic carbocycles. The number of anilines is 1. The first-order valence-corrected chi connectivity index (χ1v) is 7.48. The third-order valence-electron chi connectivity index (χ3n) is 3.38. The van der Waals surface area contributed by atoms with Crippen LogP contribution in [0, 0.1) is 13.8 Å². The van der Waals surface area contributed by atoms with Crippen molar-refractivity contribution in [2.75, 3.05) is 11.6 Å². The van der Waals surface area contributed by atoms with Gasteiger partial charge in [0.2, 0.25) is 0 Å². The summed E-state index contributed by atoms with van der Waals surface area (Å²) in [5, 5.41) is 1.84. The van der Waals surface area contributed by atoms with Gasteiger partial charge in [-0.3, -0.25) is 15.2 Å². The fourth-order valence-electron chi connectivity index (χ4n) is 2.17. The summed E-state index contributed by atoms with van der Waals surface area (Å²) in [6.45, 7) is 6.79. The standard InChI is InChI=1S/C19H22N2O/c1-4-21(18-11-8-15(2)9-12-18)20-19(22)13-10-17-7-5-6-16(3)14-17/h5-14H,4H2,1-3H3,(H,20,22)/b13-10+. The molecule has 0 saturated heterocycles. The molecule has 3 heteroatoms. The Kier molecular flexibility index (Phi) is 5.37. The highest BCUT2D eigenvalue weighted by atomic mass is 16.2. The van der Waals surface area contributed by atoms with Crippen molar-refractivity contribution in [2.24, 2.45) is 0 Å². The lowest BCUT2D eigenvalue weighted by molar-refractivity contribution is -0.116.